The van der Waals surface area contributed by atoms with E-state index < -0.39 is 5.91 Å². The number of phenols is 2. The summed E-state index contributed by atoms with van der Waals surface area (Å²) in [6.45, 7) is 0. The van der Waals surface area contributed by atoms with Gasteiger partial charge in [0.15, 0.2) is 0 Å². The van der Waals surface area contributed by atoms with Crippen LogP contribution in [-0.2, 0) is 0 Å². The first kappa shape index (κ1) is 15.8. The maximum atomic E-state index is 11.9. The van der Waals surface area contributed by atoms with Crippen molar-refractivity contribution in [2.45, 2.75) is 0 Å². The minimum absolute atomic E-state index is 0.0136. The van der Waals surface area contributed by atoms with Crippen molar-refractivity contribution in [3.05, 3.63) is 52.0 Å². The highest BCUT2D eigenvalue weighted by Crippen LogP contribution is 2.22. The van der Waals surface area contributed by atoms with Gasteiger partial charge in [0, 0.05) is 16.1 Å². The average molecular weight is 365 g/mol. The molecule has 0 aliphatic heterocycles. The quantitative estimate of drug-likeness (QED) is 0.574. The summed E-state index contributed by atoms with van der Waals surface area (Å²) < 4.78 is 5.90. The number of nitrogens with one attached hydrogen (secondary N) is 1. The van der Waals surface area contributed by atoms with Crippen LogP contribution in [-0.4, -0.2) is 29.4 Å². The first-order valence-electron chi connectivity index (χ1n) is 6.20. The molecule has 7 heteroatoms. The number of rotatable bonds is 4. The molecule has 0 aromatic heterocycles. The highest BCUT2D eigenvalue weighted by Gasteiger charge is 2.10. The van der Waals surface area contributed by atoms with Gasteiger partial charge in [0.25, 0.3) is 5.91 Å². The summed E-state index contributed by atoms with van der Waals surface area (Å²) >= 11 is 3.36. The van der Waals surface area contributed by atoms with E-state index in [1.807, 2.05) is 0 Å². The molecule has 0 saturated heterocycles. The lowest BCUT2D eigenvalue weighted by molar-refractivity contribution is 0.0952. The zero-order chi connectivity index (χ0) is 16.1. The lowest BCUT2D eigenvalue weighted by Crippen LogP contribution is -2.17. The minimum Gasteiger partial charge on any atom is -0.508 e. The predicted octanol–water partition coefficient (Wildman–Crippen LogP) is 2.63. The van der Waals surface area contributed by atoms with Gasteiger partial charge in [-0.3, -0.25) is 4.79 Å². The van der Waals surface area contributed by atoms with E-state index in [0.717, 1.165) is 16.1 Å². The zero-order valence-corrected chi connectivity index (χ0v) is 13.2. The molecule has 0 radical (unpaired) electrons. The summed E-state index contributed by atoms with van der Waals surface area (Å²) in [7, 11) is 1.56. The van der Waals surface area contributed by atoms with Crippen molar-refractivity contribution in [3.8, 4) is 17.2 Å². The Labute approximate surface area is 135 Å². The zero-order valence-electron chi connectivity index (χ0n) is 11.6. The number of hydrazone groups is 1. The van der Waals surface area contributed by atoms with Crippen LogP contribution in [0.4, 0.5) is 0 Å². The van der Waals surface area contributed by atoms with Crippen molar-refractivity contribution in [1.82, 2.24) is 5.43 Å². The van der Waals surface area contributed by atoms with Crippen LogP contribution in [0.5, 0.6) is 17.2 Å². The Morgan fingerprint density at radius 2 is 2.05 bits per heavy atom. The van der Waals surface area contributed by atoms with Gasteiger partial charge in [-0.2, -0.15) is 5.10 Å². The molecular weight excluding hydrogens is 352 g/mol. The maximum Gasteiger partial charge on any atom is 0.275 e. The Morgan fingerprint density at radius 1 is 1.27 bits per heavy atom. The molecule has 0 atom stereocenters. The van der Waals surface area contributed by atoms with Crippen LogP contribution in [0.2, 0.25) is 0 Å². The molecule has 0 aliphatic carbocycles. The molecule has 0 unspecified atom stereocenters. The van der Waals surface area contributed by atoms with Crippen LogP contribution < -0.4 is 10.2 Å². The van der Waals surface area contributed by atoms with E-state index in [0.29, 0.717) is 5.75 Å². The van der Waals surface area contributed by atoms with Crippen molar-refractivity contribution >= 4 is 28.1 Å². The highest BCUT2D eigenvalue weighted by molar-refractivity contribution is 9.10. The van der Waals surface area contributed by atoms with Gasteiger partial charge in [-0.15, -0.1) is 0 Å². The van der Waals surface area contributed by atoms with Gasteiger partial charge in [-0.25, -0.2) is 5.43 Å². The second kappa shape index (κ2) is 6.95. The third-order valence-electron chi connectivity index (χ3n) is 2.80. The van der Waals surface area contributed by atoms with E-state index >= 15 is 0 Å². The molecule has 0 bridgehead atoms. The molecular formula is C15H13BrN2O4. The van der Waals surface area contributed by atoms with Gasteiger partial charge in [-0.05, 0) is 30.3 Å². The number of carbonyl (C=O) groups is 1. The molecule has 1 amide bonds. The van der Waals surface area contributed by atoms with Crippen LogP contribution in [0, 0.1) is 0 Å². The standard InChI is InChI=1S/C15H13BrN2O4/c1-22-11-3-5-13(16)9(6-11)8-17-18-15(21)12-4-2-10(19)7-14(12)20/h2-8,19-20H,1H3,(H,18,21)/b17-8+. The fourth-order valence-electron chi connectivity index (χ4n) is 1.68. The third-order valence-corrected chi connectivity index (χ3v) is 3.52. The van der Waals surface area contributed by atoms with Crippen LogP contribution in [0.1, 0.15) is 15.9 Å². The summed E-state index contributed by atoms with van der Waals surface area (Å²) in [5.74, 6) is -0.381. The summed E-state index contributed by atoms with van der Waals surface area (Å²) in [6.07, 6.45) is 1.45. The monoisotopic (exact) mass is 364 g/mol. The van der Waals surface area contributed by atoms with Crippen LogP contribution >= 0.6 is 15.9 Å². The van der Waals surface area contributed by atoms with Gasteiger partial charge in [0.2, 0.25) is 0 Å². The molecule has 114 valence electrons. The fourth-order valence-corrected chi connectivity index (χ4v) is 2.03. The van der Waals surface area contributed by atoms with Crippen molar-refractivity contribution in [2.75, 3.05) is 7.11 Å². The number of ether oxygens (including phenoxy) is 1. The van der Waals surface area contributed by atoms with Gasteiger partial charge in [0.1, 0.15) is 17.2 Å². The van der Waals surface area contributed by atoms with Crippen LogP contribution in [0.25, 0.3) is 0 Å². The first-order chi connectivity index (χ1) is 10.5. The van der Waals surface area contributed by atoms with Crippen molar-refractivity contribution < 1.29 is 19.7 Å². The third kappa shape index (κ3) is 3.76. The van der Waals surface area contributed by atoms with Crippen molar-refractivity contribution in [1.29, 1.82) is 0 Å². The van der Waals surface area contributed by atoms with Gasteiger partial charge in [-0.1, -0.05) is 15.9 Å². The number of amides is 1. The molecule has 0 fully saturated rings. The highest BCUT2D eigenvalue weighted by atomic mass is 79.9. The van der Waals surface area contributed by atoms with Gasteiger partial charge >= 0.3 is 0 Å². The largest absolute Gasteiger partial charge is 0.508 e. The van der Waals surface area contributed by atoms with Crippen LogP contribution in [0.15, 0.2) is 46.0 Å². The van der Waals surface area contributed by atoms with Crippen LogP contribution in [0.3, 0.4) is 0 Å². The van der Waals surface area contributed by atoms with Crippen molar-refractivity contribution in [2.24, 2.45) is 5.10 Å². The summed E-state index contributed by atoms with van der Waals surface area (Å²) in [5.41, 5.74) is 3.03. The molecule has 6 nitrogen and oxygen atoms in total. The van der Waals surface area contributed by atoms with E-state index in [4.69, 9.17) is 4.74 Å². The number of aromatic hydroxyl groups is 2. The molecule has 2 rings (SSSR count). The molecule has 0 aliphatic rings. The maximum absolute atomic E-state index is 11.9. The van der Waals surface area contributed by atoms with E-state index in [-0.39, 0.29) is 17.1 Å². The lowest BCUT2D eigenvalue weighted by Gasteiger charge is -2.04. The summed E-state index contributed by atoms with van der Waals surface area (Å²) in [5, 5.41) is 22.6. The molecule has 0 spiro atoms. The van der Waals surface area contributed by atoms with E-state index in [1.165, 1.54) is 18.3 Å². The first-order valence-corrected chi connectivity index (χ1v) is 6.99. The Kier molecular flexibility index (Phi) is 5.00. The number of hydrogen-bond donors (Lipinski definition) is 3. The lowest BCUT2D eigenvalue weighted by atomic mass is 10.2. The minimum atomic E-state index is -0.590. The number of hydrogen-bond acceptors (Lipinski definition) is 5. The van der Waals surface area contributed by atoms with E-state index in [9.17, 15) is 15.0 Å². The van der Waals surface area contributed by atoms with Gasteiger partial charge < -0.3 is 14.9 Å². The topological polar surface area (TPSA) is 91.2 Å². The van der Waals surface area contributed by atoms with E-state index in [2.05, 4.69) is 26.5 Å². The molecule has 22 heavy (non-hydrogen) atoms. The average Bonchev–Trinajstić information content (AvgIpc) is 2.49. The number of carbonyl (C=O) groups excluding carboxylic acids is 1. The second-order valence-corrected chi connectivity index (χ2v) is 5.14. The Morgan fingerprint density at radius 3 is 2.73 bits per heavy atom. The molecule has 3 N–H and O–H groups in total. The summed E-state index contributed by atoms with van der Waals surface area (Å²) in [6, 6.07) is 9.02. The Hall–Kier alpha value is -2.54. The second-order valence-electron chi connectivity index (χ2n) is 4.29. The number of nitrogens with zero attached hydrogens (tertiary/aromatic N) is 1. The summed E-state index contributed by atoms with van der Waals surface area (Å²) in [4.78, 5) is 11.9. The number of methoxy groups -OCH3 is 1. The molecule has 2 aromatic carbocycles. The SMILES string of the molecule is COc1ccc(Br)c(/C=N/NC(=O)c2ccc(O)cc2O)c1. The predicted molar refractivity (Wildman–Crippen MR) is 85.5 cm³/mol. The van der Waals surface area contributed by atoms with Crippen molar-refractivity contribution in [3.63, 3.8) is 0 Å². The van der Waals surface area contributed by atoms with E-state index in [1.54, 1.807) is 25.3 Å². The smallest absolute Gasteiger partial charge is 0.275 e. The normalized spacial score (nSPS) is 10.6. The number of phenolic OH excluding ortho intramolecular Hbond substituents is 2. The number of benzene rings is 2. The van der Waals surface area contributed by atoms with Gasteiger partial charge in [0.05, 0.1) is 18.9 Å². The Bertz CT molecular complexity index is 731. The molecule has 0 heterocycles. The number of halogens is 1. The fraction of sp³-hybridized carbons (Fsp3) is 0.0667. The molecule has 2 aromatic rings. The molecule has 0 saturated carbocycles. The Balaban J connectivity index is 2.10.